The fraction of sp³-hybridized carbons (Fsp3) is 0.667. The lowest BCUT2D eigenvalue weighted by atomic mass is 9.87. The monoisotopic (exact) mass is 397 g/mol. The summed E-state index contributed by atoms with van der Waals surface area (Å²) in [4.78, 5) is 29.4. The lowest BCUT2D eigenvalue weighted by Gasteiger charge is -2.35. The largest absolute Gasteiger partial charge is 0.352 e. The number of hydrogen-bond donors (Lipinski definition) is 1. The molecule has 2 aliphatic carbocycles. The van der Waals surface area contributed by atoms with E-state index in [-0.39, 0.29) is 11.8 Å². The highest BCUT2D eigenvalue weighted by atomic mass is 16.2. The van der Waals surface area contributed by atoms with Crippen molar-refractivity contribution in [2.75, 3.05) is 32.7 Å². The Morgan fingerprint density at radius 3 is 2.66 bits per heavy atom. The van der Waals surface area contributed by atoms with E-state index < -0.39 is 0 Å². The minimum absolute atomic E-state index is 0.145. The number of benzene rings is 1. The summed E-state index contributed by atoms with van der Waals surface area (Å²) < 4.78 is 0. The van der Waals surface area contributed by atoms with Crippen LogP contribution in [0.15, 0.2) is 24.3 Å². The van der Waals surface area contributed by atoms with Gasteiger partial charge in [-0.1, -0.05) is 44.0 Å². The molecule has 2 fully saturated rings. The fourth-order valence-electron chi connectivity index (χ4n) is 5.39. The summed E-state index contributed by atoms with van der Waals surface area (Å²) in [5, 5.41) is 3.23. The maximum atomic E-state index is 12.8. The molecule has 0 radical (unpaired) electrons. The van der Waals surface area contributed by atoms with E-state index in [0.717, 1.165) is 57.8 Å². The van der Waals surface area contributed by atoms with Crippen molar-refractivity contribution in [3.05, 3.63) is 35.4 Å². The summed E-state index contributed by atoms with van der Waals surface area (Å²) in [7, 11) is 0. The Balaban J connectivity index is 1.19. The minimum Gasteiger partial charge on any atom is -0.352 e. The molecule has 1 heterocycles. The molecule has 1 aliphatic heterocycles. The first-order chi connectivity index (χ1) is 14.1. The van der Waals surface area contributed by atoms with Crippen LogP contribution in [-0.4, -0.2) is 60.4 Å². The molecule has 0 spiro atoms. The van der Waals surface area contributed by atoms with Gasteiger partial charge in [0.2, 0.25) is 11.8 Å². The van der Waals surface area contributed by atoms with Gasteiger partial charge in [-0.15, -0.1) is 0 Å². The molecule has 158 valence electrons. The Bertz CT molecular complexity index is 727. The lowest BCUT2D eigenvalue weighted by Crippen LogP contribution is -2.52. The Morgan fingerprint density at radius 2 is 1.86 bits per heavy atom. The van der Waals surface area contributed by atoms with Gasteiger partial charge in [-0.2, -0.15) is 0 Å². The van der Waals surface area contributed by atoms with E-state index in [9.17, 15) is 9.59 Å². The molecule has 3 atom stereocenters. The maximum absolute atomic E-state index is 12.8. The van der Waals surface area contributed by atoms with Crippen LogP contribution >= 0.6 is 0 Å². The number of carbonyl (C=O) groups excluding carboxylic acids is 2. The Labute approximate surface area is 174 Å². The minimum atomic E-state index is 0.145. The molecule has 1 saturated heterocycles. The highest BCUT2D eigenvalue weighted by Crippen LogP contribution is 2.35. The summed E-state index contributed by atoms with van der Waals surface area (Å²) in [6.45, 7) is 5.80. The predicted octanol–water partition coefficient (Wildman–Crippen LogP) is 2.95. The molecule has 1 aromatic rings. The van der Waals surface area contributed by atoms with Crippen molar-refractivity contribution >= 4 is 11.8 Å². The third-order valence-electron chi connectivity index (χ3n) is 7.07. The summed E-state index contributed by atoms with van der Waals surface area (Å²) in [5.41, 5.74) is 2.78. The van der Waals surface area contributed by atoms with Crippen molar-refractivity contribution in [3.63, 3.8) is 0 Å². The Morgan fingerprint density at radius 1 is 1.07 bits per heavy atom. The van der Waals surface area contributed by atoms with Crippen molar-refractivity contribution in [1.82, 2.24) is 15.1 Å². The van der Waals surface area contributed by atoms with Crippen LogP contribution in [-0.2, 0) is 16.0 Å². The van der Waals surface area contributed by atoms with E-state index in [1.54, 1.807) is 0 Å². The molecule has 0 bridgehead atoms. The van der Waals surface area contributed by atoms with Crippen LogP contribution in [0.25, 0.3) is 0 Å². The standard InChI is InChI=1S/C24H35N3O2/c1-18-5-4-7-21(15-18)25-23(28)17-26-11-13-27(14-12-26)24(29)16-20-10-9-19-6-2-3-8-22(19)20/h2-3,6,8,18,20-21H,4-5,7,9-17H2,1H3,(H,25,28). The average Bonchev–Trinajstić information content (AvgIpc) is 3.11. The van der Waals surface area contributed by atoms with Gasteiger partial charge in [-0.05, 0) is 48.6 Å². The van der Waals surface area contributed by atoms with Crippen molar-refractivity contribution in [1.29, 1.82) is 0 Å². The molecule has 1 saturated carbocycles. The molecule has 29 heavy (non-hydrogen) atoms. The fourth-order valence-corrected chi connectivity index (χ4v) is 5.39. The van der Waals surface area contributed by atoms with E-state index in [0.29, 0.717) is 24.9 Å². The molecule has 3 aliphatic rings. The zero-order valence-corrected chi connectivity index (χ0v) is 17.7. The van der Waals surface area contributed by atoms with Crippen molar-refractivity contribution in [3.8, 4) is 0 Å². The zero-order chi connectivity index (χ0) is 20.2. The number of amides is 2. The second-order valence-electron chi connectivity index (χ2n) is 9.33. The van der Waals surface area contributed by atoms with Gasteiger partial charge in [0.05, 0.1) is 6.54 Å². The second-order valence-corrected chi connectivity index (χ2v) is 9.33. The molecular weight excluding hydrogens is 362 g/mol. The molecule has 5 heteroatoms. The molecule has 5 nitrogen and oxygen atoms in total. The van der Waals surface area contributed by atoms with E-state index in [1.165, 1.54) is 24.0 Å². The van der Waals surface area contributed by atoms with Crippen LogP contribution in [0.1, 0.15) is 62.5 Å². The third kappa shape index (κ3) is 5.19. The molecule has 1 aromatic carbocycles. The number of hydrogen-bond acceptors (Lipinski definition) is 3. The SMILES string of the molecule is CC1CCCC(NC(=O)CN2CCN(C(=O)CC3CCc4ccccc43)CC2)C1. The van der Waals surface area contributed by atoms with Gasteiger partial charge in [0.1, 0.15) is 0 Å². The smallest absolute Gasteiger partial charge is 0.234 e. The Kier molecular flexibility index (Phi) is 6.53. The zero-order valence-electron chi connectivity index (χ0n) is 17.7. The normalized spacial score (nSPS) is 27.5. The second kappa shape index (κ2) is 9.29. The maximum Gasteiger partial charge on any atom is 0.234 e. The van der Waals surface area contributed by atoms with Gasteiger partial charge >= 0.3 is 0 Å². The predicted molar refractivity (Wildman–Crippen MR) is 115 cm³/mol. The highest BCUT2D eigenvalue weighted by molar-refractivity contribution is 5.79. The van der Waals surface area contributed by atoms with Crippen LogP contribution in [0.3, 0.4) is 0 Å². The van der Waals surface area contributed by atoms with Crippen LogP contribution in [0, 0.1) is 5.92 Å². The average molecular weight is 398 g/mol. The van der Waals surface area contributed by atoms with Crippen LogP contribution in [0.2, 0.25) is 0 Å². The molecular formula is C24H35N3O2. The first-order valence-electron chi connectivity index (χ1n) is 11.5. The number of nitrogens with one attached hydrogen (secondary N) is 1. The van der Waals surface area contributed by atoms with E-state index in [4.69, 9.17) is 0 Å². The van der Waals surface area contributed by atoms with E-state index in [1.807, 2.05) is 4.90 Å². The van der Waals surface area contributed by atoms with Crippen molar-refractivity contribution < 1.29 is 9.59 Å². The van der Waals surface area contributed by atoms with Gasteiger partial charge in [0.15, 0.2) is 0 Å². The van der Waals surface area contributed by atoms with Crippen molar-refractivity contribution in [2.45, 2.75) is 63.8 Å². The highest BCUT2D eigenvalue weighted by Gasteiger charge is 2.29. The topological polar surface area (TPSA) is 52.7 Å². The van der Waals surface area contributed by atoms with Crippen LogP contribution in [0.4, 0.5) is 0 Å². The van der Waals surface area contributed by atoms with Gasteiger partial charge < -0.3 is 10.2 Å². The van der Waals surface area contributed by atoms with Crippen LogP contribution < -0.4 is 5.32 Å². The lowest BCUT2D eigenvalue weighted by molar-refractivity contribution is -0.133. The van der Waals surface area contributed by atoms with Gasteiger partial charge in [-0.25, -0.2) is 0 Å². The number of rotatable bonds is 5. The van der Waals surface area contributed by atoms with E-state index >= 15 is 0 Å². The molecule has 3 unspecified atom stereocenters. The number of nitrogens with zero attached hydrogens (tertiary/aromatic N) is 2. The van der Waals surface area contributed by atoms with Gasteiger partial charge in [0, 0.05) is 38.6 Å². The first-order valence-corrected chi connectivity index (χ1v) is 11.5. The molecule has 4 rings (SSSR count). The summed E-state index contributed by atoms with van der Waals surface area (Å²) in [6.07, 6.45) is 7.54. The molecule has 2 amide bonds. The number of carbonyl (C=O) groups is 2. The Hall–Kier alpha value is -1.88. The first kappa shape index (κ1) is 20.4. The number of aryl methyl sites for hydroxylation is 1. The van der Waals surface area contributed by atoms with Crippen molar-refractivity contribution in [2.24, 2.45) is 5.92 Å². The summed E-state index contributed by atoms with van der Waals surface area (Å²) >= 11 is 0. The summed E-state index contributed by atoms with van der Waals surface area (Å²) in [5.74, 6) is 1.51. The quantitative estimate of drug-likeness (QED) is 0.831. The molecule has 0 aromatic heterocycles. The third-order valence-corrected chi connectivity index (χ3v) is 7.07. The van der Waals surface area contributed by atoms with Crippen LogP contribution in [0.5, 0.6) is 0 Å². The van der Waals surface area contributed by atoms with E-state index in [2.05, 4.69) is 41.4 Å². The van der Waals surface area contributed by atoms with Gasteiger partial charge in [0.25, 0.3) is 0 Å². The van der Waals surface area contributed by atoms with Gasteiger partial charge in [-0.3, -0.25) is 14.5 Å². The number of piperazine rings is 1. The molecule has 1 N–H and O–H groups in total. The number of fused-ring (bicyclic) bond motifs is 1. The summed E-state index contributed by atoms with van der Waals surface area (Å²) in [6, 6.07) is 8.90.